The predicted molar refractivity (Wildman–Crippen MR) is 62.7 cm³/mol. The monoisotopic (exact) mass is 307 g/mol. The van der Waals surface area contributed by atoms with Crippen LogP contribution < -0.4 is 5.73 Å². The van der Waals surface area contributed by atoms with Crippen molar-refractivity contribution in [2.75, 3.05) is 6.61 Å². The highest BCUT2D eigenvalue weighted by molar-refractivity contribution is 9.10. The number of alkyl halides is 2. The molecule has 0 unspecified atom stereocenters. The number of carbonyl (C=O) groups excluding carboxylic acids is 1. The summed E-state index contributed by atoms with van der Waals surface area (Å²) in [6.07, 6.45) is 0. The van der Waals surface area contributed by atoms with E-state index in [2.05, 4.69) is 20.7 Å². The van der Waals surface area contributed by atoms with Crippen molar-refractivity contribution in [1.29, 1.82) is 0 Å². The molecule has 1 rings (SSSR count). The number of hydrogen-bond acceptors (Lipinski definition) is 3. The Labute approximate surface area is 106 Å². The van der Waals surface area contributed by atoms with Crippen molar-refractivity contribution in [3.05, 3.63) is 34.3 Å². The Morgan fingerprint density at radius 3 is 2.76 bits per heavy atom. The Balaban J connectivity index is 2.95. The SMILES string of the molecule is CCOC(=O)C(F)(F)[C@@H](N)c1cccc(Br)c1. The van der Waals surface area contributed by atoms with Gasteiger partial charge in [0.1, 0.15) is 6.04 Å². The zero-order valence-electron chi connectivity index (χ0n) is 9.12. The summed E-state index contributed by atoms with van der Waals surface area (Å²) in [5, 5.41) is 0. The van der Waals surface area contributed by atoms with Crippen LogP contribution >= 0.6 is 15.9 Å². The first-order chi connectivity index (χ1) is 7.89. The molecule has 0 aliphatic heterocycles. The van der Waals surface area contributed by atoms with Crippen LogP contribution in [0.15, 0.2) is 28.7 Å². The van der Waals surface area contributed by atoms with Gasteiger partial charge >= 0.3 is 11.9 Å². The molecule has 0 aromatic heterocycles. The minimum Gasteiger partial charge on any atom is -0.462 e. The summed E-state index contributed by atoms with van der Waals surface area (Å²) in [5.41, 5.74) is 5.57. The molecule has 2 N–H and O–H groups in total. The summed E-state index contributed by atoms with van der Waals surface area (Å²) in [4.78, 5) is 11.1. The first kappa shape index (κ1) is 14.1. The van der Waals surface area contributed by atoms with E-state index in [1.807, 2.05) is 0 Å². The molecule has 1 aromatic rings. The van der Waals surface area contributed by atoms with E-state index in [9.17, 15) is 13.6 Å². The molecule has 0 fully saturated rings. The molecule has 1 atom stereocenters. The average molecular weight is 308 g/mol. The van der Waals surface area contributed by atoms with Crippen molar-refractivity contribution in [2.45, 2.75) is 18.9 Å². The third kappa shape index (κ3) is 3.23. The molecule has 0 radical (unpaired) electrons. The maximum Gasteiger partial charge on any atom is 0.379 e. The summed E-state index contributed by atoms with van der Waals surface area (Å²) in [6, 6.07) is 4.40. The van der Waals surface area contributed by atoms with E-state index in [1.165, 1.54) is 19.1 Å². The van der Waals surface area contributed by atoms with Crippen LogP contribution in [0, 0.1) is 0 Å². The van der Waals surface area contributed by atoms with Crippen molar-refractivity contribution in [2.24, 2.45) is 5.73 Å². The normalized spacial score (nSPS) is 13.2. The molecule has 0 amide bonds. The molecule has 0 spiro atoms. The minimum absolute atomic E-state index is 0.111. The van der Waals surface area contributed by atoms with Crippen LogP contribution in [0.2, 0.25) is 0 Å². The number of halogens is 3. The molecule has 0 heterocycles. The van der Waals surface area contributed by atoms with Gasteiger partial charge in [-0.3, -0.25) is 0 Å². The van der Waals surface area contributed by atoms with E-state index >= 15 is 0 Å². The van der Waals surface area contributed by atoms with Gasteiger partial charge in [0.2, 0.25) is 0 Å². The molecule has 6 heteroatoms. The van der Waals surface area contributed by atoms with Crippen molar-refractivity contribution in [3.63, 3.8) is 0 Å². The first-order valence-corrected chi connectivity index (χ1v) is 5.75. The molecule has 0 bridgehead atoms. The molecule has 94 valence electrons. The summed E-state index contributed by atoms with van der Waals surface area (Å²) in [7, 11) is 0. The lowest BCUT2D eigenvalue weighted by Gasteiger charge is -2.21. The fraction of sp³-hybridized carbons (Fsp3) is 0.364. The van der Waals surface area contributed by atoms with Crippen LogP contribution in [-0.2, 0) is 9.53 Å². The third-order valence-corrected chi connectivity index (χ3v) is 2.64. The lowest BCUT2D eigenvalue weighted by molar-refractivity contribution is -0.174. The van der Waals surface area contributed by atoms with Crippen LogP contribution in [0.4, 0.5) is 8.78 Å². The second-order valence-corrected chi connectivity index (χ2v) is 4.29. The Kier molecular flexibility index (Phi) is 4.59. The van der Waals surface area contributed by atoms with Gasteiger partial charge in [-0.15, -0.1) is 0 Å². The van der Waals surface area contributed by atoms with Crippen LogP contribution in [0.1, 0.15) is 18.5 Å². The summed E-state index contributed by atoms with van der Waals surface area (Å²) in [5.74, 6) is -5.34. The molecule has 0 aliphatic carbocycles. The Bertz CT molecular complexity index is 412. The maximum absolute atomic E-state index is 13.6. The van der Waals surface area contributed by atoms with E-state index in [1.54, 1.807) is 12.1 Å². The fourth-order valence-electron chi connectivity index (χ4n) is 1.26. The van der Waals surface area contributed by atoms with E-state index in [4.69, 9.17) is 5.73 Å². The molecule has 0 aliphatic rings. The van der Waals surface area contributed by atoms with Gasteiger partial charge < -0.3 is 10.5 Å². The Morgan fingerprint density at radius 1 is 1.59 bits per heavy atom. The van der Waals surface area contributed by atoms with Gasteiger partial charge in [-0.2, -0.15) is 8.78 Å². The quantitative estimate of drug-likeness (QED) is 0.870. The van der Waals surface area contributed by atoms with Crippen molar-refractivity contribution in [3.8, 4) is 0 Å². The van der Waals surface area contributed by atoms with E-state index in [0.29, 0.717) is 4.47 Å². The minimum atomic E-state index is -3.74. The highest BCUT2D eigenvalue weighted by Crippen LogP contribution is 2.31. The Hall–Kier alpha value is -1.01. The smallest absolute Gasteiger partial charge is 0.379 e. The number of nitrogens with two attached hydrogens (primary N) is 1. The highest BCUT2D eigenvalue weighted by Gasteiger charge is 2.47. The average Bonchev–Trinajstić information content (AvgIpc) is 2.28. The molecular weight excluding hydrogens is 296 g/mol. The first-order valence-electron chi connectivity index (χ1n) is 4.95. The lowest BCUT2D eigenvalue weighted by Crippen LogP contribution is -2.41. The van der Waals surface area contributed by atoms with Gasteiger partial charge in [0.25, 0.3) is 0 Å². The largest absolute Gasteiger partial charge is 0.462 e. The van der Waals surface area contributed by atoms with Crippen molar-refractivity contribution < 1.29 is 18.3 Å². The summed E-state index contributed by atoms with van der Waals surface area (Å²) >= 11 is 3.15. The fourth-order valence-corrected chi connectivity index (χ4v) is 1.68. The number of rotatable bonds is 4. The van der Waals surface area contributed by atoms with Gasteiger partial charge in [0, 0.05) is 4.47 Å². The molecule has 17 heavy (non-hydrogen) atoms. The van der Waals surface area contributed by atoms with Gasteiger partial charge in [-0.05, 0) is 24.6 Å². The zero-order valence-corrected chi connectivity index (χ0v) is 10.7. The number of hydrogen-bond donors (Lipinski definition) is 1. The molecule has 1 aromatic carbocycles. The van der Waals surface area contributed by atoms with E-state index in [-0.39, 0.29) is 12.2 Å². The van der Waals surface area contributed by atoms with Gasteiger partial charge in [0.15, 0.2) is 0 Å². The predicted octanol–water partition coefficient (Wildman–Crippen LogP) is 2.65. The van der Waals surface area contributed by atoms with Crippen molar-refractivity contribution in [1.82, 2.24) is 0 Å². The topological polar surface area (TPSA) is 52.3 Å². The summed E-state index contributed by atoms with van der Waals surface area (Å²) < 4.78 is 32.1. The maximum atomic E-state index is 13.6. The van der Waals surface area contributed by atoms with Crippen molar-refractivity contribution >= 4 is 21.9 Å². The number of benzene rings is 1. The highest BCUT2D eigenvalue weighted by atomic mass is 79.9. The van der Waals surface area contributed by atoms with Crippen LogP contribution in [0.3, 0.4) is 0 Å². The molecular formula is C11H12BrF2NO2. The number of esters is 1. The van der Waals surface area contributed by atoms with Gasteiger partial charge in [-0.25, -0.2) is 4.79 Å². The summed E-state index contributed by atoms with van der Waals surface area (Å²) in [6.45, 7) is 1.35. The molecule has 0 saturated carbocycles. The molecule has 0 saturated heterocycles. The van der Waals surface area contributed by atoms with Crippen LogP contribution in [0.25, 0.3) is 0 Å². The number of carbonyl (C=O) groups is 1. The van der Waals surface area contributed by atoms with Gasteiger partial charge in [0.05, 0.1) is 6.61 Å². The second-order valence-electron chi connectivity index (χ2n) is 3.38. The van der Waals surface area contributed by atoms with Crippen LogP contribution in [0.5, 0.6) is 0 Å². The van der Waals surface area contributed by atoms with E-state index in [0.717, 1.165) is 0 Å². The lowest BCUT2D eigenvalue weighted by atomic mass is 10.0. The van der Waals surface area contributed by atoms with Gasteiger partial charge in [-0.1, -0.05) is 28.1 Å². The Morgan fingerprint density at radius 2 is 2.24 bits per heavy atom. The standard InChI is InChI=1S/C11H12BrF2NO2/c1-2-17-10(16)11(13,14)9(15)7-4-3-5-8(12)6-7/h3-6,9H,2,15H2,1H3/t9-/m0/s1. The molecule has 3 nitrogen and oxygen atoms in total. The second kappa shape index (κ2) is 5.55. The zero-order chi connectivity index (χ0) is 13.1. The van der Waals surface area contributed by atoms with E-state index < -0.39 is 17.9 Å². The third-order valence-electron chi connectivity index (χ3n) is 2.15. The number of ether oxygens (including phenoxy) is 1. The van der Waals surface area contributed by atoms with Crippen LogP contribution in [-0.4, -0.2) is 18.5 Å².